The van der Waals surface area contributed by atoms with Gasteiger partial charge in [0.2, 0.25) is 11.1 Å². The first-order valence-corrected chi connectivity index (χ1v) is 7.75. The third-order valence-corrected chi connectivity index (χ3v) is 4.01. The molecule has 0 bridgehead atoms. The molecule has 6 nitrogen and oxygen atoms in total. The first-order chi connectivity index (χ1) is 11.1. The molecule has 23 heavy (non-hydrogen) atoms. The number of esters is 1. The van der Waals surface area contributed by atoms with Crippen LogP contribution < -0.4 is 11.2 Å². The zero-order valence-electron chi connectivity index (χ0n) is 12.7. The SMILES string of the molecule is NC1CCC(OC(=O)c2nn(-c3ccccc3)ccc2=O)CC1. The van der Waals surface area contributed by atoms with E-state index in [2.05, 4.69) is 5.10 Å². The third kappa shape index (κ3) is 3.65. The van der Waals surface area contributed by atoms with Crippen LogP contribution in [0.1, 0.15) is 36.2 Å². The van der Waals surface area contributed by atoms with E-state index in [9.17, 15) is 9.59 Å². The van der Waals surface area contributed by atoms with Gasteiger partial charge in [0.15, 0.2) is 0 Å². The Morgan fingerprint density at radius 2 is 1.83 bits per heavy atom. The van der Waals surface area contributed by atoms with Crippen LogP contribution in [-0.4, -0.2) is 27.9 Å². The van der Waals surface area contributed by atoms with Crippen LogP contribution >= 0.6 is 0 Å². The average molecular weight is 313 g/mol. The second kappa shape index (κ2) is 6.75. The van der Waals surface area contributed by atoms with Crippen LogP contribution in [0.2, 0.25) is 0 Å². The Morgan fingerprint density at radius 3 is 2.52 bits per heavy atom. The summed E-state index contributed by atoms with van der Waals surface area (Å²) >= 11 is 0. The van der Waals surface area contributed by atoms with Gasteiger partial charge in [0.05, 0.1) is 5.69 Å². The van der Waals surface area contributed by atoms with E-state index in [-0.39, 0.29) is 17.8 Å². The maximum Gasteiger partial charge on any atom is 0.363 e. The second-order valence-corrected chi connectivity index (χ2v) is 5.75. The first-order valence-electron chi connectivity index (χ1n) is 7.75. The van der Waals surface area contributed by atoms with Crippen molar-refractivity contribution in [2.45, 2.75) is 37.8 Å². The molecule has 1 aliphatic carbocycles. The topological polar surface area (TPSA) is 87.2 Å². The van der Waals surface area contributed by atoms with Crippen molar-refractivity contribution in [3.05, 3.63) is 58.5 Å². The van der Waals surface area contributed by atoms with Crippen LogP contribution in [0.15, 0.2) is 47.4 Å². The van der Waals surface area contributed by atoms with Gasteiger partial charge in [0.25, 0.3) is 0 Å². The monoisotopic (exact) mass is 313 g/mol. The van der Waals surface area contributed by atoms with Gasteiger partial charge in [-0.15, -0.1) is 0 Å². The van der Waals surface area contributed by atoms with Crippen LogP contribution in [0.5, 0.6) is 0 Å². The van der Waals surface area contributed by atoms with Crippen molar-refractivity contribution in [3.8, 4) is 5.69 Å². The standard InChI is InChI=1S/C17H19N3O3/c18-12-6-8-14(9-7-12)23-17(22)16-15(21)10-11-20(19-16)13-4-2-1-3-5-13/h1-5,10-12,14H,6-9,18H2. The lowest BCUT2D eigenvalue weighted by atomic mass is 9.94. The van der Waals surface area contributed by atoms with Gasteiger partial charge in [0.1, 0.15) is 6.10 Å². The van der Waals surface area contributed by atoms with E-state index in [0.717, 1.165) is 31.4 Å². The predicted molar refractivity (Wildman–Crippen MR) is 85.5 cm³/mol. The van der Waals surface area contributed by atoms with Crippen LogP contribution in [0.3, 0.4) is 0 Å². The molecule has 1 aliphatic rings. The van der Waals surface area contributed by atoms with Gasteiger partial charge >= 0.3 is 5.97 Å². The highest BCUT2D eigenvalue weighted by Gasteiger charge is 2.24. The number of hydrogen-bond acceptors (Lipinski definition) is 5. The van der Waals surface area contributed by atoms with E-state index in [1.54, 1.807) is 0 Å². The molecule has 0 saturated heterocycles. The molecule has 2 N–H and O–H groups in total. The van der Waals surface area contributed by atoms with Gasteiger partial charge < -0.3 is 10.5 Å². The lowest BCUT2D eigenvalue weighted by molar-refractivity contribution is 0.0187. The van der Waals surface area contributed by atoms with Crippen molar-refractivity contribution in [1.29, 1.82) is 0 Å². The van der Waals surface area contributed by atoms with Crippen molar-refractivity contribution in [2.24, 2.45) is 5.73 Å². The van der Waals surface area contributed by atoms with Crippen LogP contribution in [0.4, 0.5) is 0 Å². The lowest BCUT2D eigenvalue weighted by Crippen LogP contribution is -2.33. The molecule has 3 rings (SSSR count). The minimum Gasteiger partial charge on any atom is -0.458 e. The van der Waals surface area contributed by atoms with Crippen LogP contribution in [0, 0.1) is 0 Å². The van der Waals surface area contributed by atoms with Crippen LogP contribution in [0.25, 0.3) is 5.69 Å². The first kappa shape index (κ1) is 15.4. The summed E-state index contributed by atoms with van der Waals surface area (Å²) < 4.78 is 6.92. The molecule has 0 aliphatic heterocycles. The van der Waals surface area contributed by atoms with Gasteiger partial charge in [-0.05, 0) is 37.8 Å². The fraction of sp³-hybridized carbons (Fsp3) is 0.353. The Kier molecular flexibility index (Phi) is 4.52. The number of hydrogen-bond donors (Lipinski definition) is 1. The smallest absolute Gasteiger partial charge is 0.363 e. The molecular weight excluding hydrogens is 294 g/mol. The van der Waals surface area contributed by atoms with Crippen molar-refractivity contribution < 1.29 is 9.53 Å². The molecule has 0 atom stereocenters. The van der Waals surface area contributed by atoms with Crippen molar-refractivity contribution in [1.82, 2.24) is 9.78 Å². The Bertz CT molecular complexity index is 734. The zero-order chi connectivity index (χ0) is 16.2. The van der Waals surface area contributed by atoms with Gasteiger partial charge in [-0.2, -0.15) is 5.10 Å². The molecule has 2 aromatic rings. The Balaban J connectivity index is 1.79. The van der Waals surface area contributed by atoms with E-state index < -0.39 is 11.4 Å². The summed E-state index contributed by atoms with van der Waals surface area (Å²) in [6.45, 7) is 0. The summed E-state index contributed by atoms with van der Waals surface area (Å²) in [5.41, 5.74) is 5.99. The van der Waals surface area contributed by atoms with Gasteiger partial charge in [0, 0.05) is 18.3 Å². The Morgan fingerprint density at radius 1 is 1.13 bits per heavy atom. The number of aromatic nitrogens is 2. The summed E-state index contributed by atoms with van der Waals surface area (Å²) in [4.78, 5) is 24.2. The van der Waals surface area contributed by atoms with E-state index >= 15 is 0 Å². The van der Waals surface area contributed by atoms with E-state index in [1.165, 1.54) is 16.9 Å². The summed E-state index contributed by atoms with van der Waals surface area (Å²) in [6.07, 6.45) is 4.46. The summed E-state index contributed by atoms with van der Waals surface area (Å²) in [6, 6.07) is 10.8. The van der Waals surface area contributed by atoms with Gasteiger partial charge in [-0.3, -0.25) is 4.79 Å². The maximum atomic E-state index is 12.3. The Labute approximate surface area is 133 Å². The summed E-state index contributed by atoms with van der Waals surface area (Å²) in [5, 5.41) is 4.13. The van der Waals surface area contributed by atoms with E-state index in [1.807, 2.05) is 30.3 Å². The highest BCUT2D eigenvalue weighted by Crippen LogP contribution is 2.20. The number of ether oxygens (including phenoxy) is 1. The molecule has 1 saturated carbocycles. The second-order valence-electron chi connectivity index (χ2n) is 5.75. The van der Waals surface area contributed by atoms with E-state index in [4.69, 9.17) is 10.5 Å². The molecule has 1 heterocycles. The average Bonchev–Trinajstić information content (AvgIpc) is 2.58. The Hall–Kier alpha value is -2.47. The number of carbonyl (C=O) groups is 1. The predicted octanol–water partition coefficient (Wildman–Crippen LogP) is 1.66. The molecule has 0 spiro atoms. The number of benzene rings is 1. The third-order valence-electron chi connectivity index (χ3n) is 4.01. The minimum absolute atomic E-state index is 0.176. The van der Waals surface area contributed by atoms with Gasteiger partial charge in [-0.25, -0.2) is 9.48 Å². The van der Waals surface area contributed by atoms with Crippen molar-refractivity contribution in [3.63, 3.8) is 0 Å². The maximum absolute atomic E-state index is 12.3. The normalized spacial score (nSPS) is 20.9. The summed E-state index contributed by atoms with van der Waals surface area (Å²) in [7, 11) is 0. The highest BCUT2D eigenvalue weighted by molar-refractivity contribution is 5.87. The quantitative estimate of drug-likeness (QED) is 0.871. The van der Waals surface area contributed by atoms with E-state index in [0.29, 0.717) is 0 Å². The molecule has 1 aromatic carbocycles. The fourth-order valence-corrected chi connectivity index (χ4v) is 2.69. The molecule has 6 heteroatoms. The molecule has 120 valence electrons. The van der Waals surface area contributed by atoms with Crippen molar-refractivity contribution in [2.75, 3.05) is 0 Å². The molecule has 0 unspecified atom stereocenters. The number of rotatable bonds is 3. The molecule has 0 radical (unpaired) electrons. The highest BCUT2D eigenvalue weighted by atomic mass is 16.5. The minimum atomic E-state index is -0.666. The molecule has 1 fully saturated rings. The molecule has 1 aromatic heterocycles. The zero-order valence-corrected chi connectivity index (χ0v) is 12.7. The number of nitrogens with zero attached hydrogens (tertiary/aromatic N) is 2. The van der Waals surface area contributed by atoms with Crippen LogP contribution in [-0.2, 0) is 4.74 Å². The molecular formula is C17H19N3O3. The fourth-order valence-electron chi connectivity index (χ4n) is 2.69. The lowest BCUT2D eigenvalue weighted by Gasteiger charge is -2.25. The number of para-hydroxylation sites is 1. The number of nitrogens with two attached hydrogens (primary N) is 1. The number of carbonyl (C=O) groups excluding carboxylic acids is 1. The molecule has 0 amide bonds. The van der Waals surface area contributed by atoms with Gasteiger partial charge in [-0.1, -0.05) is 18.2 Å². The van der Waals surface area contributed by atoms with Crippen molar-refractivity contribution >= 4 is 5.97 Å². The largest absolute Gasteiger partial charge is 0.458 e. The summed E-state index contributed by atoms with van der Waals surface area (Å²) in [5.74, 6) is -0.666.